The van der Waals surface area contributed by atoms with Gasteiger partial charge in [-0.05, 0) is 79.7 Å². The molecule has 0 aromatic heterocycles. The van der Waals surface area contributed by atoms with E-state index in [4.69, 9.17) is 0 Å². The first-order chi connectivity index (χ1) is 12.9. The first-order valence-corrected chi connectivity index (χ1v) is 10.2. The van der Waals surface area contributed by atoms with Crippen LogP contribution >= 0.6 is 0 Å². The average molecular weight is 374 g/mol. The van der Waals surface area contributed by atoms with Crippen LogP contribution in [0.1, 0.15) is 69.4 Å². The predicted molar refractivity (Wildman–Crippen MR) is 105 cm³/mol. The fraction of sp³-hybridized carbons (Fsp3) is 0.500. The number of rotatable bonds is 5. The summed E-state index contributed by atoms with van der Waals surface area (Å²) in [5.74, 6) is 0.277. The smallest absolute Gasteiger partial charge is 0.131 e. The van der Waals surface area contributed by atoms with E-state index in [1.807, 2.05) is 6.07 Å². The molecule has 0 atom stereocenters. The van der Waals surface area contributed by atoms with Crippen molar-refractivity contribution in [2.75, 3.05) is 0 Å². The topological polar surface area (TPSA) is 0 Å². The number of hydrogen-bond acceptors (Lipinski definition) is 0. The molecule has 0 saturated heterocycles. The Labute approximate surface area is 160 Å². The van der Waals surface area contributed by atoms with Crippen molar-refractivity contribution >= 4 is 0 Å². The van der Waals surface area contributed by atoms with E-state index in [0.29, 0.717) is 5.92 Å². The van der Waals surface area contributed by atoms with Gasteiger partial charge in [0, 0.05) is 11.1 Å². The van der Waals surface area contributed by atoms with Crippen molar-refractivity contribution in [1.82, 2.24) is 0 Å². The molecule has 1 fully saturated rings. The summed E-state index contributed by atoms with van der Waals surface area (Å²) in [6.45, 7) is 5.92. The summed E-state index contributed by atoms with van der Waals surface area (Å²) in [5, 5.41) is 0. The van der Waals surface area contributed by atoms with Crippen LogP contribution < -0.4 is 0 Å². The van der Waals surface area contributed by atoms with E-state index in [9.17, 15) is 13.2 Å². The molecule has 2 aromatic rings. The summed E-state index contributed by atoms with van der Waals surface area (Å²) in [4.78, 5) is 0. The first-order valence-electron chi connectivity index (χ1n) is 10.2. The summed E-state index contributed by atoms with van der Waals surface area (Å²) in [5.41, 5.74) is 1.47. The lowest BCUT2D eigenvalue weighted by molar-refractivity contribution is 0.221. The summed E-state index contributed by atoms with van der Waals surface area (Å²) in [7, 11) is 0. The summed E-state index contributed by atoms with van der Waals surface area (Å²) in [6.07, 6.45) is 7.06. The lowest BCUT2D eigenvalue weighted by Crippen LogP contribution is -2.20. The maximum atomic E-state index is 14.7. The third kappa shape index (κ3) is 4.23. The van der Waals surface area contributed by atoms with Gasteiger partial charge in [-0.15, -0.1) is 0 Å². The van der Waals surface area contributed by atoms with Crippen molar-refractivity contribution < 1.29 is 13.2 Å². The molecule has 0 radical (unpaired) electrons. The van der Waals surface area contributed by atoms with Crippen molar-refractivity contribution in [3.8, 4) is 11.1 Å². The highest BCUT2D eigenvalue weighted by atomic mass is 19.1. The summed E-state index contributed by atoms with van der Waals surface area (Å²) in [6, 6.07) is 7.57. The quantitative estimate of drug-likeness (QED) is 0.501. The molecular weight excluding hydrogens is 345 g/mol. The fourth-order valence-electron chi connectivity index (χ4n) is 4.70. The zero-order valence-corrected chi connectivity index (χ0v) is 16.5. The number of benzene rings is 2. The Morgan fingerprint density at radius 2 is 1.44 bits per heavy atom. The largest absolute Gasteiger partial charge is 0.207 e. The minimum atomic E-state index is -0.645. The van der Waals surface area contributed by atoms with Gasteiger partial charge in [0.25, 0.3) is 0 Å². The third-order valence-electron chi connectivity index (χ3n) is 6.54. The molecule has 0 nitrogen and oxygen atoms in total. The van der Waals surface area contributed by atoms with Crippen molar-refractivity contribution in [2.24, 2.45) is 11.8 Å². The lowest BCUT2D eigenvalue weighted by Gasteiger charge is -2.33. The zero-order valence-electron chi connectivity index (χ0n) is 16.5. The van der Waals surface area contributed by atoms with Crippen LogP contribution in [0.3, 0.4) is 0 Å². The Morgan fingerprint density at radius 1 is 0.852 bits per heavy atom. The SMILES string of the molecule is CCC(CC)C1CCC(c2ccc(-c3cc(F)c(C)c(F)c3)c(F)c2)CC1. The normalized spacial score (nSPS) is 20.3. The monoisotopic (exact) mass is 374 g/mol. The van der Waals surface area contributed by atoms with Gasteiger partial charge < -0.3 is 0 Å². The summed E-state index contributed by atoms with van der Waals surface area (Å²) >= 11 is 0. The van der Waals surface area contributed by atoms with Gasteiger partial charge in [0.05, 0.1) is 0 Å². The van der Waals surface area contributed by atoms with Crippen LogP contribution in [0.5, 0.6) is 0 Å². The molecule has 3 heteroatoms. The highest BCUT2D eigenvalue weighted by Gasteiger charge is 2.27. The molecule has 27 heavy (non-hydrogen) atoms. The maximum absolute atomic E-state index is 14.7. The number of halogens is 3. The van der Waals surface area contributed by atoms with Crippen LogP contribution in [-0.4, -0.2) is 0 Å². The molecule has 0 heterocycles. The Bertz CT molecular complexity index is 761. The van der Waals surface area contributed by atoms with E-state index >= 15 is 0 Å². The van der Waals surface area contributed by atoms with Gasteiger partial charge in [-0.2, -0.15) is 0 Å². The Hall–Kier alpha value is -1.77. The van der Waals surface area contributed by atoms with Gasteiger partial charge in [0.2, 0.25) is 0 Å². The molecule has 1 aliphatic rings. The van der Waals surface area contributed by atoms with E-state index in [-0.39, 0.29) is 16.7 Å². The van der Waals surface area contributed by atoms with Gasteiger partial charge in [0.15, 0.2) is 0 Å². The van der Waals surface area contributed by atoms with Crippen molar-refractivity contribution in [2.45, 2.75) is 65.2 Å². The molecule has 3 rings (SSSR count). The zero-order chi connectivity index (χ0) is 19.6. The average Bonchev–Trinajstić information content (AvgIpc) is 2.67. The first kappa shape index (κ1) is 20.0. The van der Waals surface area contributed by atoms with Gasteiger partial charge >= 0.3 is 0 Å². The molecule has 0 unspecified atom stereocenters. The minimum absolute atomic E-state index is 0.0370. The molecular formula is C24H29F3. The predicted octanol–water partition coefficient (Wildman–Crippen LogP) is 7.79. The minimum Gasteiger partial charge on any atom is -0.207 e. The third-order valence-corrected chi connectivity index (χ3v) is 6.54. The second-order valence-corrected chi connectivity index (χ2v) is 7.99. The highest BCUT2D eigenvalue weighted by Crippen LogP contribution is 2.41. The van der Waals surface area contributed by atoms with Gasteiger partial charge in [-0.25, -0.2) is 13.2 Å². The second-order valence-electron chi connectivity index (χ2n) is 7.99. The fourth-order valence-corrected chi connectivity index (χ4v) is 4.70. The molecule has 146 valence electrons. The van der Waals surface area contributed by atoms with E-state index in [1.165, 1.54) is 44.7 Å². The van der Waals surface area contributed by atoms with Crippen LogP contribution in [0.2, 0.25) is 0 Å². The molecule has 0 aliphatic heterocycles. The van der Waals surface area contributed by atoms with Crippen LogP contribution in [0.25, 0.3) is 11.1 Å². The molecule has 1 saturated carbocycles. The van der Waals surface area contributed by atoms with Crippen LogP contribution in [0.4, 0.5) is 13.2 Å². The van der Waals surface area contributed by atoms with Crippen molar-refractivity contribution in [1.29, 1.82) is 0 Å². The lowest BCUT2D eigenvalue weighted by atomic mass is 9.72. The Balaban J connectivity index is 1.76. The summed E-state index contributed by atoms with van der Waals surface area (Å²) < 4.78 is 42.4. The van der Waals surface area contributed by atoms with E-state index in [0.717, 1.165) is 30.2 Å². The highest BCUT2D eigenvalue weighted by molar-refractivity contribution is 5.65. The molecule has 2 aromatic carbocycles. The van der Waals surface area contributed by atoms with Gasteiger partial charge in [-0.3, -0.25) is 0 Å². The standard InChI is InChI=1S/C24H29F3/c1-4-16(5-2)17-6-8-18(9-7-17)19-10-11-21(24(27)12-19)20-13-22(25)15(3)23(26)14-20/h10-14,16-18H,4-9H2,1-3H3. The number of hydrogen-bond donors (Lipinski definition) is 0. The Morgan fingerprint density at radius 3 is 1.96 bits per heavy atom. The maximum Gasteiger partial charge on any atom is 0.131 e. The van der Waals surface area contributed by atoms with Crippen LogP contribution in [0.15, 0.2) is 30.3 Å². The Kier molecular flexibility index (Phi) is 6.29. The van der Waals surface area contributed by atoms with Crippen LogP contribution in [0, 0.1) is 36.2 Å². The van der Waals surface area contributed by atoms with Crippen molar-refractivity contribution in [3.05, 3.63) is 58.9 Å². The molecule has 0 N–H and O–H groups in total. The van der Waals surface area contributed by atoms with Gasteiger partial charge in [0.1, 0.15) is 17.5 Å². The van der Waals surface area contributed by atoms with E-state index in [1.54, 1.807) is 12.1 Å². The van der Waals surface area contributed by atoms with E-state index < -0.39 is 17.5 Å². The molecule has 0 spiro atoms. The second kappa shape index (κ2) is 8.50. The van der Waals surface area contributed by atoms with Crippen LogP contribution in [-0.2, 0) is 0 Å². The van der Waals surface area contributed by atoms with Gasteiger partial charge in [-0.1, -0.05) is 38.8 Å². The molecule has 0 bridgehead atoms. The molecule has 1 aliphatic carbocycles. The van der Waals surface area contributed by atoms with Crippen molar-refractivity contribution in [3.63, 3.8) is 0 Å². The molecule has 0 amide bonds. The van der Waals surface area contributed by atoms with E-state index in [2.05, 4.69) is 13.8 Å².